The Bertz CT molecular complexity index is 930. The van der Waals surface area contributed by atoms with Crippen LogP contribution in [0.3, 0.4) is 0 Å². The molecule has 0 saturated carbocycles. The predicted octanol–water partition coefficient (Wildman–Crippen LogP) is 4.36. The Kier molecular flexibility index (Phi) is 5.07. The maximum Gasteiger partial charge on any atom is 0.274 e. The van der Waals surface area contributed by atoms with Crippen LogP contribution in [0.2, 0.25) is 0 Å². The molecule has 0 unspecified atom stereocenters. The lowest BCUT2D eigenvalue weighted by atomic mass is 10.2. The Morgan fingerprint density at radius 3 is 2.31 bits per heavy atom. The van der Waals surface area contributed by atoms with Crippen molar-refractivity contribution < 1.29 is 18.3 Å². The molecule has 0 aliphatic rings. The molecule has 0 atom stereocenters. The van der Waals surface area contributed by atoms with Gasteiger partial charge in [0.15, 0.2) is 11.6 Å². The summed E-state index contributed by atoms with van der Waals surface area (Å²) >= 11 is 0. The summed E-state index contributed by atoms with van der Waals surface area (Å²) in [7, 11) is 1.56. The van der Waals surface area contributed by atoms with Crippen LogP contribution in [-0.2, 0) is 0 Å². The van der Waals surface area contributed by atoms with Crippen molar-refractivity contribution in [3.8, 4) is 5.75 Å². The van der Waals surface area contributed by atoms with Crippen molar-refractivity contribution in [2.45, 2.75) is 0 Å². The molecule has 0 aliphatic heterocycles. The number of carbonyl (C=O) groups is 1. The molecule has 1 aromatic heterocycles. The van der Waals surface area contributed by atoms with E-state index in [-0.39, 0.29) is 5.69 Å². The van der Waals surface area contributed by atoms with Crippen LogP contribution < -0.4 is 15.4 Å². The second-order valence-corrected chi connectivity index (χ2v) is 5.37. The van der Waals surface area contributed by atoms with Crippen molar-refractivity contribution in [2.75, 3.05) is 17.7 Å². The fourth-order valence-electron chi connectivity index (χ4n) is 2.24. The molecule has 26 heavy (non-hydrogen) atoms. The van der Waals surface area contributed by atoms with E-state index in [1.165, 1.54) is 18.3 Å². The second-order valence-electron chi connectivity index (χ2n) is 5.37. The van der Waals surface area contributed by atoms with Crippen molar-refractivity contribution >= 4 is 23.0 Å². The minimum Gasteiger partial charge on any atom is -0.497 e. The SMILES string of the molecule is COc1ccc(NC(=O)c2cc(Nc3ccc(F)c(F)c3)ccn2)cc1. The quantitative estimate of drug-likeness (QED) is 0.714. The molecule has 1 heterocycles. The zero-order valence-corrected chi connectivity index (χ0v) is 13.8. The van der Waals surface area contributed by atoms with Crippen molar-refractivity contribution in [3.63, 3.8) is 0 Å². The first-order chi connectivity index (χ1) is 12.5. The summed E-state index contributed by atoms with van der Waals surface area (Å²) in [6.07, 6.45) is 1.45. The van der Waals surface area contributed by atoms with Gasteiger partial charge in [-0.3, -0.25) is 9.78 Å². The van der Waals surface area contributed by atoms with E-state index in [1.54, 1.807) is 37.4 Å². The molecule has 0 fully saturated rings. The first kappa shape index (κ1) is 17.3. The van der Waals surface area contributed by atoms with Gasteiger partial charge < -0.3 is 15.4 Å². The summed E-state index contributed by atoms with van der Waals surface area (Å²) in [5, 5.41) is 5.63. The number of rotatable bonds is 5. The number of anilines is 3. The number of pyridine rings is 1. The monoisotopic (exact) mass is 355 g/mol. The Morgan fingerprint density at radius 2 is 1.62 bits per heavy atom. The topological polar surface area (TPSA) is 63.2 Å². The molecular weight excluding hydrogens is 340 g/mol. The number of halogens is 2. The van der Waals surface area contributed by atoms with Gasteiger partial charge in [-0.1, -0.05) is 0 Å². The zero-order valence-electron chi connectivity index (χ0n) is 13.8. The van der Waals surface area contributed by atoms with Gasteiger partial charge in [-0.25, -0.2) is 8.78 Å². The van der Waals surface area contributed by atoms with E-state index in [0.29, 0.717) is 22.8 Å². The van der Waals surface area contributed by atoms with Gasteiger partial charge in [-0.05, 0) is 48.5 Å². The van der Waals surface area contributed by atoms with Gasteiger partial charge in [0.25, 0.3) is 5.91 Å². The number of amides is 1. The first-order valence-corrected chi connectivity index (χ1v) is 7.69. The van der Waals surface area contributed by atoms with Crippen LogP contribution in [0.4, 0.5) is 25.8 Å². The van der Waals surface area contributed by atoms with E-state index in [1.807, 2.05) is 0 Å². The minimum atomic E-state index is -0.957. The molecular formula is C19H15F2N3O2. The number of carbonyl (C=O) groups excluding carboxylic acids is 1. The lowest BCUT2D eigenvalue weighted by molar-refractivity contribution is 0.102. The molecule has 7 heteroatoms. The summed E-state index contributed by atoms with van der Waals surface area (Å²) in [5.41, 5.74) is 1.65. The van der Waals surface area contributed by atoms with E-state index in [4.69, 9.17) is 4.74 Å². The third-order valence-electron chi connectivity index (χ3n) is 3.55. The summed E-state index contributed by atoms with van der Waals surface area (Å²) in [4.78, 5) is 16.4. The fraction of sp³-hybridized carbons (Fsp3) is 0.0526. The molecule has 0 radical (unpaired) electrons. The van der Waals surface area contributed by atoms with E-state index < -0.39 is 17.5 Å². The highest BCUT2D eigenvalue weighted by Crippen LogP contribution is 2.20. The highest BCUT2D eigenvalue weighted by atomic mass is 19.2. The van der Waals surface area contributed by atoms with Crippen LogP contribution in [0.1, 0.15) is 10.5 Å². The Hall–Kier alpha value is -3.48. The van der Waals surface area contributed by atoms with Gasteiger partial charge in [-0.15, -0.1) is 0 Å². The van der Waals surface area contributed by atoms with E-state index >= 15 is 0 Å². The van der Waals surface area contributed by atoms with Gasteiger partial charge in [0, 0.05) is 29.3 Å². The molecule has 3 aromatic rings. The van der Waals surface area contributed by atoms with Crippen LogP contribution in [0, 0.1) is 11.6 Å². The van der Waals surface area contributed by atoms with Crippen LogP contribution in [0.5, 0.6) is 5.75 Å². The van der Waals surface area contributed by atoms with Crippen LogP contribution >= 0.6 is 0 Å². The number of nitrogens with zero attached hydrogens (tertiary/aromatic N) is 1. The number of ether oxygens (including phenoxy) is 1. The first-order valence-electron chi connectivity index (χ1n) is 7.69. The highest BCUT2D eigenvalue weighted by Gasteiger charge is 2.09. The second kappa shape index (κ2) is 7.60. The molecule has 0 saturated heterocycles. The number of aromatic nitrogens is 1. The summed E-state index contributed by atoms with van der Waals surface area (Å²) < 4.78 is 31.3. The summed E-state index contributed by atoms with van der Waals surface area (Å²) in [6, 6.07) is 13.5. The molecule has 0 aliphatic carbocycles. The van der Waals surface area contributed by atoms with Crippen LogP contribution in [0.15, 0.2) is 60.8 Å². The Balaban J connectivity index is 1.73. The molecule has 1 amide bonds. The van der Waals surface area contributed by atoms with Crippen molar-refractivity contribution in [1.82, 2.24) is 4.98 Å². The van der Waals surface area contributed by atoms with Gasteiger partial charge in [0.2, 0.25) is 0 Å². The number of benzene rings is 2. The van der Waals surface area contributed by atoms with Gasteiger partial charge in [0.1, 0.15) is 11.4 Å². The number of hydrogen-bond donors (Lipinski definition) is 2. The third kappa shape index (κ3) is 4.13. The average Bonchev–Trinajstić information content (AvgIpc) is 2.65. The van der Waals surface area contributed by atoms with Crippen LogP contribution in [-0.4, -0.2) is 18.0 Å². The molecule has 0 spiro atoms. The normalized spacial score (nSPS) is 10.3. The molecule has 3 rings (SSSR count). The molecule has 2 N–H and O–H groups in total. The molecule has 0 bridgehead atoms. The van der Waals surface area contributed by atoms with Crippen molar-refractivity contribution in [3.05, 3.63) is 78.1 Å². The molecule has 5 nitrogen and oxygen atoms in total. The van der Waals surface area contributed by atoms with Crippen LogP contribution in [0.25, 0.3) is 0 Å². The number of nitrogens with one attached hydrogen (secondary N) is 2. The smallest absolute Gasteiger partial charge is 0.274 e. The van der Waals surface area contributed by atoms with E-state index in [0.717, 1.165) is 12.1 Å². The highest BCUT2D eigenvalue weighted by molar-refractivity contribution is 6.03. The lowest BCUT2D eigenvalue weighted by Gasteiger charge is -2.09. The fourth-order valence-corrected chi connectivity index (χ4v) is 2.24. The maximum atomic E-state index is 13.3. The zero-order chi connectivity index (χ0) is 18.5. The van der Waals surface area contributed by atoms with Gasteiger partial charge in [-0.2, -0.15) is 0 Å². The van der Waals surface area contributed by atoms with E-state index in [2.05, 4.69) is 15.6 Å². The molecule has 132 valence electrons. The average molecular weight is 355 g/mol. The maximum absolute atomic E-state index is 13.3. The number of methoxy groups -OCH3 is 1. The summed E-state index contributed by atoms with van der Waals surface area (Å²) in [6.45, 7) is 0. The van der Waals surface area contributed by atoms with Crippen molar-refractivity contribution in [2.24, 2.45) is 0 Å². The summed E-state index contributed by atoms with van der Waals surface area (Å²) in [5.74, 6) is -1.60. The minimum absolute atomic E-state index is 0.174. The number of hydrogen-bond acceptors (Lipinski definition) is 4. The predicted molar refractivity (Wildman–Crippen MR) is 94.8 cm³/mol. The third-order valence-corrected chi connectivity index (χ3v) is 3.55. The Labute approximate surface area is 148 Å². The molecule has 2 aromatic carbocycles. The van der Waals surface area contributed by atoms with Gasteiger partial charge >= 0.3 is 0 Å². The van der Waals surface area contributed by atoms with Crippen molar-refractivity contribution in [1.29, 1.82) is 0 Å². The van der Waals surface area contributed by atoms with E-state index in [9.17, 15) is 13.6 Å². The lowest BCUT2D eigenvalue weighted by Crippen LogP contribution is -2.13. The van der Waals surface area contributed by atoms with Gasteiger partial charge in [0.05, 0.1) is 7.11 Å². The standard InChI is InChI=1S/C19H15F2N3O2/c1-26-15-5-2-12(3-6-15)24-19(25)18-11-14(8-9-22-18)23-13-4-7-16(20)17(21)10-13/h2-11H,1H3,(H,22,23)(H,24,25). The Morgan fingerprint density at radius 1 is 0.923 bits per heavy atom. The largest absolute Gasteiger partial charge is 0.497 e.